The third kappa shape index (κ3) is 6.86. The van der Waals surface area contributed by atoms with Crippen molar-refractivity contribution in [2.45, 2.75) is 53.0 Å². The van der Waals surface area contributed by atoms with E-state index in [1.165, 1.54) is 0 Å². The van der Waals surface area contributed by atoms with E-state index in [1.54, 1.807) is 0 Å². The molecule has 1 fully saturated rings. The standard InChI is InChI=1S/C25H39N3O4/c1-17(2)24(20-8-9-21-22(13-20)32-12-6-11-31-21)27-23(29)16-28-10-5-7-19(15-28)14-26-25(30)18(3)4/h8-9,13,17-19,24H,5-7,10-12,14-16H2,1-4H3,(H,26,30)(H,27,29). The molecule has 2 atom stereocenters. The molecule has 2 N–H and O–H groups in total. The van der Waals surface area contributed by atoms with Crippen LogP contribution in [0.1, 0.15) is 58.6 Å². The molecule has 0 aromatic heterocycles. The van der Waals surface area contributed by atoms with E-state index in [4.69, 9.17) is 9.47 Å². The van der Waals surface area contributed by atoms with Crippen LogP contribution >= 0.6 is 0 Å². The van der Waals surface area contributed by atoms with Crippen LogP contribution in [0.3, 0.4) is 0 Å². The van der Waals surface area contributed by atoms with Gasteiger partial charge < -0.3 is 20.1 Å². The normalized spacial score (nSPS) is 20.0. The third-order valence-corrected chi connectivity index (χ3v) is 6.17. The second-order valence-corrected chi connectivity index (χ2v) is 9.69. The number of hydrogen-bond donors (Lipinski definition) is 2. The maximum atomic E-state index is 12.9. The average molecular weight is 446 g/mol. The van der Waals surface area contributed by atoms with Gasteiger partial charge in [-0.15, -0.1) is 0 Å². The van der Waals surface area contributed by atoms with Crippen LogP contribution in [-0.4, -0.2) is 56.1 Å². The molecule has 0 radical (unpaired) electrons. The Kier molecular flexibility index (Phi) is 8.79. The number of benzene rings is 1. The summed E-state index contributed by atoms with van der Waals surface area (Å²) < 4.78 is 11.6. The number of fused-ring (bicyclic) bond motifs is 1. The van der Waals surface area contributed by atoms with Crippen molar-refractivity contribution in [2.75, 3.05) is 39.4 Å². The van der Waals surface area contributed by atoms with E-state index >= 15 is 0 Å². The summed E-state index contributed by atoms with van der Waals surface area (Å²) in [5.74, 6) is 2.27. The highest BCUT2D eigenvalue weighted by molar-refractivity contribution is 5.79. The quantitative estimate of drug-likeness (QED) is 0.643. The molecule has 0 aliphatic carbocycles. The first-order valence-corrected chi connectivity index (χ1v) is 12.0. The molecular formula is C25H39N3O4. The van der Waals surface area contributed by atoms with Crippen molar-refractivity contribution in [1.82, 2.24) is 15.5 Å². The summed E-state index contributed by atoms with van der Waals surface area (Å²) in [6.07, 6.45) is 3.00. The summed E-state index contributed by atoms with van der Waals surface area (Å²) in [5, 5.41) is 6.27. The van der Waals surface area contributed by atoms with Crippen molar-refractivity contribution >= 4 is 11.8 Å². The second-order valence-electron chi connectivity index (χ2n) is 9.69. The van der Waals surface area contributed by atoms with Gasteiger partial charge in [0, 0.05) is 25.4 Å². The van der Waals surface area contributed by atoms with Crippen molar-refractivity contribution in [3.63, 3.8) is 0 Å². The third-order valence-electron chi connectivity index (χ3n) is 6.17. The largest absolute Gasteiger partial charge is 0.490 e. The molecule has 2 aliphatic heterocycles. The number of carbonyl (C=O) groups excluding carboxylic acids is 2. The fourth-order valence-electron chi connectivity index (χ4n) is 4.34. The summed E-state index contributed by atoms with van der Waals surface area (Å²) in [5.41, 5.74) is 1.03. The molecular weight excluding hydrogens is 406 g/mol. The lowest BCUT2D eigenvalue weighted by Crippen LogP contribution is -2.46. The molecule has 1 aromatic carbocycles. The van der Waals surface area contributed by atoms with Gasteiger partial charge in [0.2, 0.25) is 11.8 Å². The predicted molar refractivity (Wildman–Crippen MR) is 125 cm³/mol. The summed E-state index contributed by atoms with van der Waals surface area (Å²) in [6, 6.07) is 5.87. The highest BCUT2D eigenvalue weighted by Gasteiger charge is 2.25. The van der Waals surface area contributed by atoms with Crippen LogP contribution in [0.5, 0.6) is 11.5 Å². The Morgan fingerprint density at radius 3 is 2.56 bits per heavy atom. The lowest BCUT2D eigenvalue weighted by molar-refractivity contribution is -0.125. The highest BCUT2D eigenvalue weighted by atomic mass is 16.5. The smallest absolute Gasteiger partial charge is 0.234 e. The van der Waals surface area contributed by atoms with Gasteiger partial charge in [0.15, 0.2) is 11.5 Å². The Balaban J connectivity index is 1.56. The van der Waals surface area contributed by atoms with Crippen LogP contribution in [0.25, 0.3) is 0 Å². The molecule has 3 rings (SSSR count). The molecule has 1 saturated heterocycles. The van der Waals surface area contributed by atoms with Gasteiger partial charge in [-0.25, -0.2) is 0 Å². The van der Waals surface area contributed by atoms with E-state index in [-0.39, 0.29) is 29.7 Å². The van der Waals surface area contributed by atoms with Crippen LogP contribution in [0, 0.1) is 17.8 Å². The molecule has 2 heterocycles. The van der Waals surface area contributed by atoms with Gasteiger partial charge >= 0.3 is 0 Å². The minimum absolute atomic E-state index is 0.00151. The number of ether oxygens (including phenoxy) is 2. The highest BCUT2D eigenvalue weighted by Crippen LogP contribution is 2.34. The second kappa shape index (κ2) is 11.5. The fraction of sp³-hybridized carbons (Fsp3) is 0.680. The molecule has 178 valence electrons. The van der Waals surface area contributed by atoms with Crippen LogP contribution in [0.4, 0.5) is 0 Å². The van der Waals surface area contributed by atoms with E-state index in [9.17, 15) is 9.59 Å². The average Bonchev–Trinajstić information content (AvgIpc) is 3.00. The van der Waals surface area contributed by atoms with Crippen LogP contribution in [0.2, 0.25) is 0 Å². The maximum absolute atomic E-state index is 12.9. The van der Waals surface area contributed by atoms with Crippen molar-refractivity contribution < 1.29 is 19.1 Å². The number of carbonyl (C=O) groups is 2. The van der Waals surface area contributed by atoms with E-state index in [2.05, 4.69) is 29.4 Å². The zero-order valence-electron chi connectivity index (χ0n) is 20.0. The van der Waals surface area contributed by atoms with Crippen LogP contribution in [0.15, 0.2) is 18.2 Å². The molecule has 2 amide bonds. The summed E-state index contributed by atoms with van der Waals surface area (Å²) in [4.78, 5) is 27.0. The maximum Gasteiger partial charge on any atom is 0.234 e. The number of nitrogens with one attached hydrogen (secondary N) is 2. The van der Waals surface area contributed by atoms with Crippen LogP contribution in [-0.2, 0) is 9.59 Å². The zero-order valence-corrected chi connectivity index (χ0v) is 20.0. The minimum Gasteiger partial charge on any atom is -0.490 e. The van der Waals surface area contributed by atoms with Crippen molar-refractivity contribution in [3.8, 4) is 11.5 Å². The topological polar surface area (TPSA) is 79.9 Å². The Morgan fingerprint density at radius 2 is 1.84 bits per heavy atom. The predicted octanol–water partition coefficient (Wildman–Crippen LogP) is 3.15. The monoisotopic (exact) mass is 445 g/mol. The number of rotatable bonds is 8. The summed E-state index contributed by atoms with van der Waals surface area (Å²) in [7, 11) is 0. The Hall–Kier alpha value is -2.28. The SMILES string of the molecule is CC(C)C(=O)NCC1CCCN(CC(=O)NC(c2ccc3c(c2)OCCCO3)C(C)C)C1. The number of nitrogens with zero attached hydrogens (tertiary/aromatic N) is 1. The fourth-order valence-corrected chi connectivity index (χ4v) is 4.34. The molecule has 2 aliphatic rings. The molecule has 32 heavy (non-hydrogen) atoms. The summed E-state index contributed by atoms with van der Waals surface area (Å²) in [6.45, 7) is 12.1. The van der Waals surface area contributed by atoms with Crippen molar-refractivity contribution in [3.05, 3.63) is 23.8 Å². The number of hydrogen-bond acceptors (Lipinski definition) is 5. The first-order chi connectivity index (χ1) is 15.3. The lowest BCUT2D eigenvalue weighted by Gasteiger charge is -2.33. The number of likely N-dealkylation sites (tertiary alicyclic amines) is 1. The van der Waals surface area contributed by atoms with Crippen LogP contribution < -0.4 is 20.1 Å². The van der Waals surface area contributed by atoms with Gasteiger partial charge in [-0.1, -0.05) is 33.8 Å². The molecule has 0 bridgehead atoms. The van der Waals surface area contributed by atoms with Gasteiger partial charge in [-0.05, 0) is 48.9 Å². The van der Waals surface area contributed by atoms with Gasteiger partial charge in [0.05, 0.1) is 25.8 Å². The molecule has 0 spiro atoms. The van der Waals surface area contributed by atoms with Gasteiger partial charge in [-0.2, -0.15) is 0 Å². The van der Waals surface area contributed by atoms with E-state index in [0.29, 0.717) is 32.2 Å². The number of piperidine rings is 1. The molecule has 2 unspecified atom stereocenters. The Morgan fingerprint density at radius 1 is 1.09 bits per heavy atom. The van der Waals surface area contributed by atoms with E-state index < -0.39 is 0 Å². The molecule has 7 heteroatoms. The Labute approximate surface area is 192 Å². The molecule has 7 nitrogen and oxygen atoms in total. The first kappa shape index (κ1) is 24.4. The van der Waals surface area contributed by atoms with Crippen molar-refractivity contribution in [2.24, 2.45) is 17.8 Å². The lowest BCUT2D eigenvalue weighted by atomic mass is 9.95. The minimum atomic E-state index is -0.0921. The molecule has 1 aromatic rings. The van der Waals surface area contributed by atoms with Crippen molar-refractivity contribution in [1.29, 1.82) is 0 Å². The molecule has 0 saturated carbocycles. The van der Waals surface area contributed by atoms with E-state index in [0.717, 1.165) is 49.4 Å². The van der Waals surface area contributed by atoms with Gasteiger partial charge in [0.1, 0.15) is 0 Å². The van der Waals surface area contributed by atoms with Gasteiger partial charge in [0.25, 0.3) is 0 Å². The van der Waals surface area contributed by atoms with E-state index in [1.807, 2.05) is 32.0 Å². The first-order valence-electron chi connectivity index (χ1n) is 12.0. The zero-order chi connectivity index (χ0) is 23.1. The number of amides is 2. The Bertz CT molecular complexity index is 780. The van der Waals surface area contributed by atoms with Gasteiger partial charge in [-0.3, -0.25) is 14.5 Å². The summed E-state index contributed by atoms with van der Waals surface area (Å²) >= 11 is 0.